The van der Waals surface area contributed by atoms with Gasteiger partial charge in [-0.25, -0.2) is 0 Å². The van der Waals surface area contributed by atoms with Gasteiger partial charge in [0, 0.05) is 4.90 Å². The molecular formula is C14H9NO2S. The Labute approximate surface area is 108 Å². The first kappa shape index (κ1) is 10.0. The van der Waals surface area contributed by atoms with Crippen LogP contribution >= 0.6 is 11.8 Å². The molecule has 88 valence electrons. The third kappa shape index (κ3) is 1.24. The van der Waals surface area contributed by atoms with Crippen LogP contribution in [-0.4, -0.2) is 11.5 Å². The standard InChI is InChI=1S/C14H9NO2S/c16-13-9-5-1-3-7-11(9)17-14-15(13)10-6-2-4-8-12(10)18-14/h1-8,14H. The minimum atomic E-state index is -0.273. The van der Waals surface area contributed by atoms with E-state index in [0.717, 1.165) is 10.6 Å². The molecular weight excluding hydrogens is 246 g/mol. The molecule has 2 aliphatic rings. The van der Waals surface area contributed by atoms with Gasteiger partial charge in [-0.05, 0) is 24.3 Å². The number of benzene rings is 2. The molecule has 0 N–H and O–H groups in total. The Morgan fingerprint density at radius 3 is 2.78 bits per heavy atom. The van der Waals surface area contributed by atoms with Gasteiger partial charge in [-0.3, -0.25) is 9.69 Å². The van der Waals surface area contributed by atoms with E-state index < -0.39 is 0 Å². The smallest absolute Gasteiger partial charge is 0.265 e. The minimum absolute atomic E-state index is 0.0132. The summed E-state index contributed by atoms with van der Waals surface area (Å²) in [4.78, 5) is 15.3. The Balaban J connectivity index is 1.88. The Morgan fingerprint density at radius 2 is 1.83 bits per heavy atom. The molecule has 0 bridgehead atoms. The van der Waals surface area contributed by atoms with E-state index in [2.05, 4.69) is 0 Å². The maximum atomic E-state index is 12.5. The Bertz CT molecular complexity index is 656. The van der Waals surface area contributed by atoms with Crippen molar-refractivity contribution in [1.29, 1.82) is 0 Å². The third-order valence-electron chi connectivity index (χ3n) is 3.13. The molecule has 0 radical (unpaired) electrons. The number of carbonyl (C=O) groups is 1. The molecule has 1 atom stereocenters. The van der Waals surface area contributed by atoms with E-state index in [9.17, 15) is 4.79 Å². The van der Waals surface area contributed by atoms with Crippen molar-refractivity contribution < 1.29 is 9.53 Å². The molecule has 1 unspecified atom stereocenters. The van der Waals surface area contributed by atoms with Crippen molar-refractivity contribution in [3.8, 4) is 5.75 Å². The maximum absolute atomic E-state index is 12.5. The second kappa shape index (κ2) is 3.53. The Hall–Kier alpha value is -1.94. The van der Waals surface area contributed by atoms with Gasteiger partial charge in [0.05, 0.1) is 11.3 Å². The molecule has 2 heterocycles. The predicted molar refractivity (Wildman–Crippen MR) is 70.0 cm³/mol. The highest BCUT2D eigenvalue weighted by Crippen LogP contribution is 2.47. The van der Waals surface area contributed by atoms with Gasteiger partial charge >= 0.3 is 0 Å². The molecule has 1 amide bonds. The third-order valence-corrected chi connectivity index (χ3v) is 4.24. The number of nitrogens with zero attached hydrogens (tertiary/aromatic N) is 1. The molecule has 0 spiro atoms. The minimum Gasteiger partial charge on any atom is -0.459 e. The van der Waals surface area contributed by atoms with Crippen LogP contribution in [0, 0.1) is 0 Å². The van der Waals surface area contributed by atoms with Crippen LogP contribution in [0.25, 0.3) is 0 Å². The second-order valence-corrected chi connectivity index (χ2v) is 5.26. The number of hydrogen-bond donors (Lipinski definition) is 0. The topological polar surface area (TPSA) is 29.5 Å². The summed E-state index contributed by atoms with van der Waals surface area (Å²) >= 11 is 1.57. The first-order chi connectivity index (χ1) is 8.84. The number of anilines is 1. The summed E-state index contributed by atoms with van der Waals surface area (Å²) in [6.07, 6.45) is 0. The number of amides is 1. The summed E-state index contributed by atoms with van der Waals surface area (Å²) in [6.45, 7) is 0. The molecule has 2 aromatic carbocycles. The van der Waals surface area contributed by atoms with Crippen molar-refractivity contribution in [2.24, 2.45) is 0 Å². The van der Waals surface area contributed by atoms with Gasteiger partial charge < -0.3 is 4.74 Å². The van der Waals surface area contributed by atoms with Crippen LogP contribution in [-0.2, 0) is 0 Å². The number of rotatable bonds is 0. The summed E-state index contributed by atoms with van der Waals surface area (Å²) < 4.78 is 5.88. The molecule has 2 aromatic rings. The van der Waals surface area contributed by atoms with Crippen molar-refractivity contribution >= 4 is 23.4 Å². The molecule has 0 saturated carbocycles. The predicted octanol–water partition coefficient (Wildman–Crippen LogP) is 3.12. The highest BCUT2D eigenvalue weighted by Gasteiger charge is 2.41. The van der Waals surface area contributed by atoms with Crippen molar-refractivity contribution in [2.75, 3.05) is 4.90 Å². The van der Waals surface area contributed by atoms with Crippen LogP contribution in [0.1, 0.15) is 10.4 Å². The molecule has 0 aromatic heterocycles. The van der Waals surface area contributed by atoms with Crippen LogP contribution in [0.3, 0.4) is 0 Å². The lowest BCUT2D eigenvalue weighted by Crippen LogP contribution is -2.43. The molecule has 4 rings (SSSR count). The SMILES string of the molecule is O=C1c2ccccc2OC2Sc3ccccc3N12. The lowest BCUT2D eigenvalue weighted by molar-refractivity contribution is 0.0924. The normalized spacial score (nSPS) is 19.9. The van der Waals surface area contributed by atoms with Crippen LogP contribution in [0.2, 0.25) is 0 Å². The van der Waals surface area contributed by atoms with Crippen molar-refractivity contribution in [3.63, 3.8) is 0 Å². The van der Waals surface area contributed by atoms with Crippen LogP contribution in [0.4, 0.5) is 5.69 Å². The number of carbonyl (C=O) groups excluding carboxylic acids is 1. The quantitative estimate of drug-likeness (QED) is 0.724. The first-order valence-electron chi connectivity index (χ1n) is 5.69. The zero-order valence-corrected chi connectivity index (χ0v) is 10.2. The largest absolute Gasteiger partial charge is 0.459 e. The molecule has 18 heavy (non-hydrogen) atoms. The molecule has 0 saturated heterocycles. The van der Waals surface area contributed by atoms with Gasteiger partial charge in [0.1, 0.15) is 5.75 Å². The average Bonchev–Trinajstić information content (AvgIpc) is 2.77. The first-order valence-corrected chi connectivity index (χ1v) is 6.57. The highest BCUT2D eigenvalue weighted by molar-refractivity contribution is 8.00. The van der Waals surface area contributed by atoms with Crippen LogP contribution < -0.4 is 9.64 Å². The number of ether oxygens (including phenoxy) is 1. The molecule has 2 aliphatic heterocycles. The van der Waals surface area contributed by atoms with E-state index in [1.807, 2.05) is 42.5 Å². The maximum Gasteiger partial charge on any atom is 0.265 e. The molecule has 0 fully saturated rings. The van der Waals surface area contributed by atoms with E-state index in [-0.39, 0.29) is 11.5 Å². The summed E-state index contributed by atoms with van der Waals surface area (Å²) in [5.41, 5.74) is 1.29. The fourth-order valence-corrected chi connectivity index (χ4v) is 3.43. The summed E-state index contributed by atoms with van der Waals surface area (Å²) in [7, 11) is 0. The van der Waals surface area contributed by atoms with Crippen LogP contribution in [0.15, 0.2) is 53.4 Å². The zero-order chi connectivity index (χ0) is 12.1. The lowest BCUT2D eigenvalue weighted by atomic mass is 10.1. The Kier molecular flexibility index (Phi) is 1.96. The zero-order valence-electron chi connectivity index (χ0n) is 9.37. The van der Waals surface area contributed by atoms with E-state index in [1.54, 1.807) is 22.7 Å². The molecule has 4 heteroatoms. The van der Waals surface area contributed by atoms with Gasteiger partial charge in [0.15, 0.2) is 0 Å². The number of para-hydroxylation sites is 2. The molecule has 3 nitrogen and oxygen atoms in total. The van der Waals surface area contributed by atoms with Crippen molar-refractivity contribution in [1.82, 2.24) is 0 Å². The summed E-state index contributed by atoms with van der Waals surface area (Å²) in [5, 5.41) is 0. The van der Waals surface area contributed by atoms with Gasteiger partial charge in [-0.15, -0.1) is 0 Å². The summed E-state index contributed by atoms with van der Waals surface area (Å²) in [5.74, 6) is 0.684. The highest BCUT2D eigenvalue weighted by atomic mass is 32.2. The fraction of sp³-hybridized carbons (Fsp3) is 0.0714. The molecule has 0 aliphatic carbocycles. The van der Waals surface area contributed by atoms with Crippen LogP contribution in [0.5, 0.6) is 5.75 Å². The van der Waals surface area contributed by atoms with E-state index >= 15 is 0 Å². The monoisotopic (exact) mass is 255 g/mol. The number of thioether (sulfide) groups is 1. The van der Waals surface area contributed by atoms with E-state index in [1.165, 1.54) is 0 Å². The van der Waals surface area contributed by atoms with Gasteiger partial charge in [-0.1, -0.05) is 36.0 Å². The van der Waals surface area contributed by atoms with E-state index in [4.69, 9.17) is 4.74 Å². The summed E-state index contributed by atoms with van der Waals surface area (Å²) in [6, 6.07) is 15.3. The van der Waals surface area contributed by atoms with Gasteiger partial charge in [0.2, 0.25) is 5.56 Å². The second-order valence-electron chi connectivity index (χ2n) is 4.18. The number of hydrogen-bond acceptors (Lipinski definition) is 3. The van der Waals surface area contributed by atoms with Crippen molar-refractivity contribution in [2.45, 2.75) is 10.5 Å². The van der Waals surface area contributed by atoms with E-state index in [0.29, 0.717) is 11.3 Å². The van der Waals surface area contributed by atoms with Crippen molar-refractivity contribution in [3.05, 3.63) is 54.1 Å². The average molecular weight is 255 g/mol. The van der Waals surface area contributed by atoms with Gasteiger partial charge in [0.25, 0.3) is 5.91 Å². The Morgan fingerprint density at radius 1 is 1.06 bits per heavy atom. The lowest BCUT2D eigenvalue weighted by Gasteiger charge is -2.30. The van der Waals surface area contributed by atoms with Gasteiger partial charge in [-0.2, -0.15) is 0 Å². The number of fused-ring (bicyclic) bond motifs is 4. The fourth-order valence-electron chi connectivity index (χ4n) is 2.30.